The standard InChI is InChI=1S/C10H10Cl2N2O/c11-7-3-1-2-6(8(7)12)9-10(15)14-5-4-13-9/h1-3,9,13H,4-5H2,(H,14,15)/t9-/m1/s1. The minimum atomic E-state index is -0.398. The minimum Gasteiger partial charge on any atom is -0.353 e. The van der Waals surface area contributed by atoms with Crippen molar-refractivity contribution in [1.29, 1.82) is 0 Å². The molecule has 5 heteroatoms. The second kappa shape index (κ2) is 4.39. The van der Waals surface area contributed by atoms with Gasteiger partial charge in [-0.05, 0) is 11.6 Å². The van der Waals surface area contributed by atoms with Crippen LogP contribution >= 0.6 is 23.2 Å². The molecule has 0 aliphatic carbocycles. The lowest BCUT2D eigenvalue weighted by Gasteiger charge is -2.24. The van der Waals surface area contributed by atoms with Crippen LogP contribution < -0.4 is 10.6 Å². The van der Waals surface area contributed by atoms with E-state index in [1.165, 1.54) is 0 Å². The predicted molar refractivity (Wildman–Crippen MR) is 60.2 cm³/mol. The number of carbonyl (C=O) groups excluding carboxylic acids is 1. The van der Waals surface area contributed by atoms with Crippen LogP contribution in [0.2, 0.25) is 10.0 Å². The summed E-state index contributed by atoms with van der Waals surface area (Å²) in [5.41, 5.74) is 0.723. The summed E-state index contributed by atoms with van der Waals surface area (Å²) < 4.78 is 0. The van der Waals surface area contributed by atoms with E-state index in [1.807, 2.05) is 0 Å². The first-order valence-corrected chi connectivity index (χ1v) is 5.41. The van der Waals surface area contributed by atoms with Gasteiger partial charge < -0.3 is 10.6 Å². The molecule has 1 aromatic carbocycles. The first kappa shape index (κ1) is 10.7. The number of nitrogens with one attached hydrogen (secondary N) is 2. The second-order valence-corrected chi connectivity index (χ2v) is 4.11. The number of hydrogen-bond donors (Lipinski definition) is 2. The summed E-state index contributed by atoms with van der Waals surface area (Å²) in [6.07, 6.45) is 0. The Morgan fingerprint density at radius 2 is 2.07 bits per heavy atom. The van der Waals surface area contributed by atoms with Crippen molar-refractivity contribution in [3.05, 3.63) is 33.8 Å². The number of halogens is 2. The fraction of sp³-hybridized carbons (Fsp3) is 0.300. The van der Waals surface area contributed by atoms with Crippen LogP contribution in [0.4, 0.5) is 0 Å². The molecule has 1 amide bonds. The Morgan fingerprint density at radius 1 is 1.27 bits per heavy atom. The molecule has 0 aromatic heterocycles. The Balaban J connectivity index is 2.35. The van der Waals surface area contributed by atoms with E-state index in [9.17, 15) is 4.79 Å². The molecule has 0 radical (unpaired) electrons. The predicted octanol–water partition coefficient (Wildman–Crippen LogP) is 1.75. The van der Waals surface area contributed by atoms with Crippen molar-refractivity contribution < 1.29 is 4.79 Å². The van der Waals surface area contributed by atoms with Gasteiger partial charge >= 0.3 is 0 Å². The highest BCUT2D eigenvalue weighted by molar-refractivity contribution is 6.42. The van der Waals surface area contributed by atoms with Gasteiger partial charge in [0.2, 0.25) is 5.91 Å². The van der Waals surface area contributed by atoms with Gasteiger partial charge in [0, 0.05) is 13.1 Å². The summed E-state index contributed by atoms with van der Waals surface area (Å²) in [6, 6.07) is 4.89. The molecule has 0 spiro atoms. The Hall–Kier alpha value is -0.770. The molecule has 2 rings (SSSR count). The van der Waals surface area contributed by atoms with Crippen LogP contribution in [0, 0.1) is 0 Å². The molecule has 1 heterocycles. The molecule has 1 aliphatic heterocycles. The third-order valence-corrected chi connectivity index (χ3v) is 3.16. The summed E-state index contributed by atoms with van der Waals surface area (Å²) in [6.45, 7) is 1.38. The zero-order valence-corrected chi connectivity index (χ0v) is 9.40. The maximum absolute atomic E-state index is 11.6. The molecular formula is C10H10Cl2N2O. The fourth-order valence-electron chi connectivity index (χ4n) is 1.59. The molecule has 1 aliphatic rings. The van der Waals surface area contributed by atoms with Gasteiger partial charge in [-0.2, -0.15) is 0 Å². The van der Waals surface area contributed by atoms with Gasteiger partial charge in [-0.1, -0.05) is 35.3 Å². The van der Waals surface area contributed by atoms with Gasteiger partial charge in [0.1, 0.15) is 6.04 Å². The highest BCUT2D eigenvalue weighted by atomic mass is 35.5. The number of carbonyl (C=O) groups is 1. The smallest absolute Gasteiger partial charge is 0.241 e. The van der Waals surface area contributed by atoms with Crippen LogP contribution in [0.3, 0.4) is 0 Å². The highest BCUT2D eigenvalue weighted by Gasteiger charge is 2.25. The molecule has 2 N–H and O–H groups in total. The second-order valence-electron chi connectivity index (χ2n) is 3.32. The monoisotopic (exact) mass is 244 g/mol. The first-order valence-electron chi connectivity index (χ1n) is 4.65. The average Bonchev–Trinajstić information content (AvgIpc) is 2.23. The summed E-state index contributed by atoms with van der Waals surface area (Å²) in [7, 11) is 0. The Morgan fingerprint density at radius 3 is 2.80 bits per heavy atom. The van der Waals surface area contributed by atoms with Gasteiger partial charge in [0.15, 0.2) is 0 Å². The number of piperazine rings is 1. The van der Waals surface area contributed by atoms with Crippen LogP contribution in [-0.2, 0) is 4.79 Å². The molecule has 1 saturated heterocycles. The third-order valence-electron chi connectivity index (χ3n) is 2.33. The van der Waals surface area contributed by atoms with E-state index < -0.39 is 6.04 Å². The van der Waals surface area contributed by atoms with Crippen molar-refractivity contribution in [2.24, 2.45) is 0 Å². The summed E-state index contributed by atoms with van der Waals surface area (Å²) in [4.78, 5) is 11.6. The molecule has 1 fully saturated rings. The van der Waals surface area contributed by atoms with E-state index >= 15 is 0 Å². The summed E-state index contributed by atoms with van der Waals surface area (Å²) in [5.74, 6) is -0.0644. The Kier molecular flexibility index (Phi) is 3.14. The van der Waals surface area contributed by atoms with Crippen LogP contribution in [0.15, 0.2) is 18.2 Å². The molecule has 0 bridgehead atoms. The van der Waals surface area contributed by atoms with Crippen LogP contribution in [0.5, 0.6) is 0 Å². The van der Waals surface area contributed by atoms with Gasteiger partial charge in [0.05, 0.1) is 10.0 Å². The lowest BCUT2D eigenvalue weighted by atomic mass is 10.0. The van der Waals surface area contributed by atoms with Crippen LogP contribution in [0.25, 0.3) is 0 Å². The van der Waals surface area contributed by atoms with Crippen molar-refractivity contribution in [3.63, 3.8) is 0 Å². The average molecular weight is 245 g/mol. The van der Waals surface area contributed by atoms with E-state index in [2.05, 4.69) is 10.6 Å². The summed E-state index contributed by atoms with van der Waals surface area (Å²) in [5, 5.41) is 6.78. The molecule has 15 heavy (non-hydrogen) atoms. The highest BCUT2D eigenvalue weighted by Crippen LogP contribution is 2.30. The maximum Gasteiger partial charge on any atom is 0.241 e. The molecule has 1 atom stereocenters. The Labute approximate surface area is 97.8 Å². The van der Waals surface area contributed by atoms with E-state index in [0.717, 1.165) is 12.1 Å². The number of benzene rings is 1. The number of amides is 1. The van der Waals surface area contributed by atoms with Crippen molar-refractivity contribution in [2.45, 2.75) is 6.04 Å². The molecule has 80 valence electrons. The first-order chi connectivity index (χ1) is 7.20. The third kappa shape index (κ3) is 2.09. The van der Waals surface area contributed by atoms with E-state index in [1.54, 1.807) is 18.2 Å². The zero-order chi connectivity index (χ0) is 10.8. The van der Waals surface area contributed by atoms with E-state index in [-0.39, 0.29) is 5.91 Å². The van der Waals surface area contributed by atoms with Crippen molar-refractivity contribution in [1.82, 2.24) is 10.6 Å². The fourth-order valence-corrected chi connectivity index (χ4v) is 2.01. The lowest BCUT2D eigenvalue weighted by molar-refractivity contribution is -0.124. The van der Waals surface area contributed by atoms with Gasteiger partial charge in [-0.25, -0.2) is 0 Å². The number of hydrogen-bond acceptors (Lipinski definition) is 2. The largest absolute Gasteiger partial charge is 0.353 e. The quantitative estimate of drug-likeness (QED) is 0.791. The van der Waals surface area contributed by atoms with Gasteiger partial charge in [-0.3, -0.25) is 4.79 Å². The van der Waals surface area contributed by atoms with Crippen LogP contribution in [-0.4, -0.2) is 19.0 Å². The molecule has 3 nitrogen and oxygen atoms in total. The molecule has 0 unspecified atom stereocenters. The van der Waals surface area contributed by atoms with Crippen molar-refractivity contribution in [3.8, 4) is 0 Å². The molecular weight excluding hydrogens is 235 g/mol. The topological polar surface area (TPSA) is 41.1 Å². The lowest BCUT2D eigenvalue weighted by Crippen LogP contribution is -2.47. The number of rotatable bonds is 1. The van der Waals surface area contributed by atoms with Gasteiger partial charge in [-0.15, -0.1) is 0 Å². The maximum atomic E-state index is 11.6. The zero-order valence-electron chi connectivity index (χ0n) is 7.89. The SMILES string of the molecule is O=C1NCCN[C@@H]1c1cccc(Cl)c1Cl. The van der Waals surface area contributed by atoms with Crippen LogP contribution in [0.1, 0.15) is 11.6 Å². The van der Waals surface area contributed by atoms with Crippen molar-refractivity contribution >= 4 is 29.1 Å². The minimum absolute atomic E-state index is 0.0644. The summed E-state index contributed by atoms with van der Waals surface area (Å²) >= 11 is 11.9. The molecule has 1 aromatic rings. The Bertz CT molecular complexity index is 395. The normalized spacial score (nSPS) is 21.2. The van der Waals surface area contributed by atoms with Gasteiger partial charge in [0.25, 0.3) is 0 Å². The van der Waals surface area contributed by atoms with Crippen molar-refractivity contribution in [2.75, 3.05) is 13.1 Å². The van der Waals surface area contributed by atoms with E-state index in [0.29, 0.717) is 16.6 Å². The van der Waals surface area contributed by atoms with E-state index in [4.69, 9.17) is 23.2 Å². The molecule has 0 saturated carbocycles.